The number of alkyl halides is 1. The van der Waals surface area contributed by atoms with Gasteiger partial charge in [-0.25, -0.2) is 0 Å². The number of amides is 1. The molecule has 0 bridgehead atoms. The molecule has 0 aliphatic rings. The lowest BCUT2D eigenvalue weighted by molar-refractivity contribution is 0.0949. The van der Waals surface area contributed by atoms with Gasteiger partial charge in [0.05, 0.1) is 17.0 Å². The molecule has 0 spiro atoms. The van der Waals surface area contributed by atoms with Gasteiger partial charge in [-0.3, -0.25) is 4.79 Å². The summed E-state index contributed by atoms with van der Waals surface area (Å²) in [6.45, 7) is 3.06. The summed E-state index contributed by atoms with van der Waals surface area (Å²) < 4.78 is 5.82. The highest BCUT2D eigenvalue weighted by Crippen LogP contribution is 2.20. The van der Waals surface area contributed by atoms with Gasteiger partial charge in [0.2, 0.25) is 0 Å². The Morgan fingerprint density at radius 3 is 2.88 bits per heavy atom. The summed E-state index contributed by atoms with van der Waals surface area (Å²) >= 11 is 6.84. The standard InChI is InChI=1S/C12H15Br2NO2/c1-8-4-3-5-10(11(8)14)12(16)15-6-9(13)7-17-2/h3-5,9H,6-7H2,1-2H3,(H,15,16). The molecule has 17 heavy (non-hydrogen) atoms. The summed E-state index contributed by atoms with van der Waals surface area (Å²) in [6.07, 6.45) is 0. The predicted octanol–water partition coefficient (Wildman–Crippen LogP) is 2.90. The Bertz CT molecular complexity index is 396. The summed E-state index contributed by atoms with van der Waals surface area (Å²) in [7, 11) is 1.63. The van der Waals surface area contributed by atoms with Crippen LogP contribution in [0.5, 0.6) is 0 Å². The topological polar surface area (TPSA) is 38.3 Å². The number of halogens is 2. The highest BCUT2D eigenvalue weighted by atomic mass is 79.9. The number of hydrogen-bond acceptors (Lipinski definition) is 2. The largest absolute Gasteiger partial charge is 0.383 e. The van der Waals surface area contributed by atoms with Crippen molar-refractivity contribution in [3.05, 3.63) is 33.8 Å². The van der Waals surface area contributed by atoms with Crippen molar-refractivity contribution in [2.75, 3.05) is 20.3 Å². The normalized spacial score (nSPS) is 12.2. The Kier molecular flexibility index (Phi) is 6.16. The molecule has 5 heteroatoms. The van der Waals surface area contributed by atoms with E-state index in [2.05, 4.69) is 37.2 Å². The van der Waals surface area contributed by atoms with Gasteiger partial charge in [-0.15, -0.1) is 0 Å². The van der Waals surface area contributed by atoms with E-state index < -0.39 is 0 Å². The number of carbonyl (C=O) groups excluding carboxylic acids is 1. The zero-order chi connectivity index (χ0) is 12.8. The molecular formula is C12H15Br2NO2. The van der Waals surface area contributed by atoms with E-state index >= 15 is 0 Å². The summed E-state index contributed by atoms with van der Waals surface area (Å²) in [5.74, 6) is -0.0823. The van der Waals surface area contributed by atoms with Gasteiger partial charge in [-0.1, -0.05) is 28.1 Å². The first-order valence-corrected chi connectivity index (χ1v) is 6.93. The average Bonchev–Trinajstić information content (AvgIpc) is 2.30. The molecule has 0 saturated carbocycles. The van der Waals surface area contributed by atoms with Crippen LogP contribution in [-0.4, -0.2) is 31.0 Å². The van der Waals surface area contributed by atoms with Crippen LogP contribution in [0.25, 0.3) is 0 Å². The third-order valence-corrected chi connectivity index (χ3v) is 3.91. The minimum Gasteiger partial charge on any atom is -0.383 e. The quantitative estimate of drug-likeness (QED) is 0.816. The van der Waals surface area contributed by atoms with E-state index in [-0.39, 0.29) is 10.7 Å². The molecular weight excluding hydrogens is 350 g/mol. The Morgan fingerprint density at radius 2 is 2.24 bits per heavy atom. The number of aryl methyl sites for hydroxylation is 1. The molecule has 0 fully saturated rings. The van der Waals surface area contributed by atoms with Gasteiger partial charge in [0.25, 0.3) is 5.91 Å². The van der Waals surface area contributed by atoms with E-state index in [1.54, 1.807) is 13.2 Å². The first-order valence-electron chi connectivity index (χ1n) is 5.22. The van der Waals surface area contributed by atoms with Crippen LogP contribution < -0.4 is 5.32 Å². The predicted molar refractivity (Wildman–Crippen MR) is 75.8 cm³/mol. The van der Waals surface area contributed by atoms with Crippen LogP contribution in [0.3, 0.4) is 0 Å². The number of hydrogen-bond donors (Lipinski definition) is 1. The molecule has 1 atom stereocenters. The molecule has 1 N–H and O–H groups in total. The van der Waals surface area contributed by atoms with Crippen LogP contribution in [-0.2, 0) is 4.74 Å². The maximum Gasteiger partial charge on any atom is 0.252 e. The first-order chi connectivity index (χ1) is 8.06. The van der Waals surface area contributed by atoms with Gasteiger partial charge < -0.3 is 10.1 Å². The van der Waals surface area contributed by atoms with Crippen molar-refractivity contribution in [1.29, 1.82) is 0 Å². The number of benzene rings is 1. The Balaban J connectivity index is 2.61. The fraction of sp³-hybridized carbons (Fsp3) is 0.417. The van der Waals surface area contributed by atoms with E-state index in [9.17, 15) is 4.79 Å². The second kappa shape index (κ2) is 7.13. The number of carbonyl (C=O) groups is 1. The average molecular weight is 365 g/mol. The summed E-state index contributed by atoms with van der Waals surface area (Å²) in [4.78, 5) is 12.0. The smallest absolute Gasteiger partial charge is 0.252 e. The molecule has 0 heterocycles. The van der Waals surface area contributed by atoms with Gasteiger partial charge in [-0.2, -0.15) is 0 Å². The highest BCUT2D eigenvalue weighted by molar-refractivity contribution is 9.10. The number of rotatable bonds is 5. The monoisotopic (exact) mass is 363 g/mol. The van der Waals surface area contributed by atoms with Crippen molar-refractivity contribution in [3.63, 3.8) is 0 Å². The molecule has 1 amide bonds. The van der Waals surface area contributed by atoms with E-state index in [0.29, 0.717) is 18.7 Å². The lowest BCUT2D eigenvalue weighted by Crippen LogP contribution is -2.31. The third kappa shape index (κ3) is 4.41. The fourth-order valence-electron chi connectivity index (χ4n) is 1.36. The molecule has 1 unspecified atom stereocenters. The van der Waals surface area contributed by atoms with Gasteiger partial charge in [0, 0.05) is 18.1 Å². The number of nitrogens with one attached hydrogen (secondary N) is 1. The van der Waals surface area contributed by atoms with Crippen LogP contribution in [0, 0.1) is 6.92 Å². The van der Waals surface area contributed by atoms with Crippen LogP contribution in [0.2, 0.25) is 0 Å². The molecule has 1 rings (SSSR count). The second-order valence-electron chi connectivity index (χ2n) is 3.70. The zero-order valence-electron chi connectivity index (χ0n) is 9.80. The Morgan fingerprint density at radius 1 is 1.53 bits per heavy atom. The van der Waals surface area contributed by atoms with Crippen molar-refractivity contribution in [3.8, 4) is 0 Å². The molecule has 1 aromatic rings. The van der Waals surface area contributed by atoms with Gasteiger partial charge in [0.15, 0.2) is 0 Å². The van der Waals surface area contributed by atoms with E-state index in [0.717, 1.165) is 10.0 Å². The second-order valence-corrected chi connectivity index (χ2v) is 5.79. The molecule has 0 aliphatic carbocycles. The molecule has 0 aliphatic heterocycles. The minimum atomic E-state index is -0.0823. The van der Waals surface area contributed by atoms with E-state index in [1.165, 1.54) is 0 Å². The van der Waals surface area contributed by atoms with Crippen molar-refractivity contribution in [1.82, 2.24) is 5.32 Å². The minimum absolute atomic E-state index is 0.0823. The molecule has 3 nitrogen and oxygen atoms in total. The summed E-state index contributed by atoms with van der Waals surface area (Å²) in [6, 6.07) is 5.63. The lowest BCUT2D eigenvalue weighted by Gasteiger charge is -2.11. The maximum atomic E-state index is 11.9. The lowest BCUT2D eigenvalue weighted by atomic mass is 10.1. The fourth-order valence-corrected chi connectivity index (χ4v) is 2.23. The van der Waals surface area contributed by atoms with Crippen LogP contribution in [0.1, 0.15) is 15.9 Å². The number of methoxy groups -OCH3 is 1. The summed E-state index contributed by atoms with van der Waals surface area (Å²) in [5, 5.41) is 2.86. The molecule has 94 valence electrons. The molecule has 1 aromatic carbocycles. The van der Waals surface area contributed by atoms with E-state index in [4.69, 9.17) is 4.74 Å². The van der Waals surface area contributed by atoms with Gasteiger partial charge in [0.1, 0.15) is 0 Å². The van der Waals surface area contributed by atoms with Gasteiger partial charge in [-0.05, 0) is 34.5 Å². The van der Waals surface area contributed by atoms with E-state index in [1.807, 2.05) is 19.1 Å². The van der Waals surface area contributed by atoms with Gasteiger partial charge >= 0.3 is 0 Å². The first kappa shape index (κ1) is 14.7. The molecule has 0 saturated heterocycles. The SMILES string of the molecule is COCC(Br)CNC(=O)c1cccc(C)c1Br. The third-order valence-electron chi connectivity index (χ3n) is 2.27. The van der Waals surface area contributed by atoms with Crippen molar-refractivity contribution >= 4 is 37.8 Å². The van der Waals surface area contributed by atoms with Crippen LogP contribution >= 0.6 is 31.9 Å². The number of ether oxygens (including phenoxy) is 1. The summed E-state index contributed by atoms with van der Waals surface area (Å²) in [5.41, 5.74) is 1.70. The Hall–Kier alpha value is -0.390. The van der Waals surface area contributed by atoms with Crippen molar-refractivity contribution in [2.45, 2.75) is 11.8 Å². The zero-order valence-corrected chi connectivity index (χ0v) is 13.0. The van der Waals surface area contributed by atoms with Crippen molar-refractivity contribution in [2.24, 2.45) is 0 Å². The van der Waals surface area contributed by atoms with Crippen LogP contribution in [0.4, 0.5) is 0 Å². The van der Waals surface area contributed by atoms with Crippen molar-refractivity contribution < 1.29 is 9.53 Å². The Labute approximate surface area is 118 Å². The molecule has 0 aromatic heterocycles. The highest BCUT2D eigenvalue weighted by Gasteiger charge is 2.12. The maximum absolute atomic E-state index is 11.9. The molecule has 0 radical (unpaired) electrons. The van der Waals surface area contributed by atoms with Crippen LogP contribution in [0.15, 0.2) is 22.7 Å².